The molecule has 0 saturated carbocycles. The summed E-state index contributed by atoms with van der Waals surface area (Å²) >= 11 is 0. The quantitative estimate of drug-likeness (QED) is 0.297. The van der Waals surface area contributed by atoms with Crippen LogP contribution in [0, 0.1) is 5.92 Å². The second kappa shape index (κ2) is 10.9. The van der Waals surface area contributed by atoms with Crippen molar-refractivity contribution in [3.63, 3.8) is 0 Å². The average molecular weight is 561 g/mol. The lowest BCUT2D eigenvalue weighted by atomic mass is 9.92. The van der Waals surface area contributed by atoms with E-state index < -0.39 is 57.9 Å². The fourth-order valence-corrected chi connectivity index (χ4v) is 5.32. The molecule has 2 aromatic rings. The van der Waals surface area contributed by atoms with Gasteiger partial charge in [0, 0.05) is 6.07 Å². The number of rotatable bonds is 9. The smallest absolute Gasteiger partial charge is 0.344 e. The Morgan fingerprint density at radius 2 is 1.74 bits per heavy atom. The van der Waals surface area contributed by atoms with E-state index in [4.69, 9.17) is 14.2 Å². The van der Waals surface area contributed by atoms with Crippen LogP contribution in [0.15, 0.2) is 53.4 Å². The van der Waals surface area contributed by atoms with Gasteiger partial charge in [-0.2, -0.15) is 9.73 Å². The summed E-state index contributed by atoms with van der Waals surface area (Å²) in [6, 6.07) is 10.3. The molecule has 0 bridgehead atoms. The number of esters is 1. The van der Waals surface area contributed by atoms with Crippen LogP contribution >= 0.6 is 0 Å². The number of benzene rings is 2. The van der Waals surface area contributed by atoms with E-state index in [1.807, 2.05) is 0 Å². The van der Waals surface area contributed by atoms with E-state index in [0.29, 0.717) is 22.9 Å². The minimum absolute atomic E-state index is 0.150. The van der Waals surface area contributed by atoms with E-state index in [9.17, 15) is 27.6 Å². The standard InChI is InChI=1S/C25H28N4O9S/c1-15(2)21(28-39(34,35)17-9-10-18-19(13-17)37-12-11-36-18)22(31)38-14-20(30)27-29-23(32)25(3,26-24(29)33)16-7-5-4-6-8-16/h4-10,13,15,21,28H,11-12,14H2,1-3H3,(H,26,33)(H,27,30). The third kappa shape index (κ3) is 5.81. The summed E-state index contributed by atoms with van der Waals surface area (Å²) < 4.78 is 44.1. The molecule has 13 nitrogen and oxygen atoms in total. The summed E-state index contributed by atoms with van der Waals surface area (Å²) in [5.74, 6) is -2.61. The van der Waals surface area contributed by atoms with Crippen molar-refractivity contribution in [1.82, 2.24) is 20.5 Å². The van der Waals surface area contributed by atoms with Gasteiger partial charge in [0.05, 0.1) is 4.90 Å². The lowest BCUT2D eigenvalue weighted by Crippen LogP contribution is -2.50. The average Bonchev–Trinajstić information content (AvgIpc) is 3.14. The molecular weight excluding hydrogens is 532 g/mol. The molecule has 0 aromatic heterocycles. The maximum absolute atomic E-state index is 13.0. The number of carbonyl (C=O) groups is 4. The Hall–Kier alpha value is -4.17. The molecular formula is C25H28N4O9S. The first-order chi connectivity index (χ1) is 18.4. The van der Waals surface area contributed by atoms with Crippen molar-refractivity contribution in [2.24, 2.45) is 5.92 Å². The molecule has 2 atom stereocenters. The molecule has 0 spiro atoms. The third-order valence-electron chi connectivity index (χ3n) is 6.15. The highest BCUT2D eigenvalue weighted by atomic mass is 32.2. The Bertz CT molecular complexity index is 1400. The van der Waals surface area contributed by atoms with Crippen LogP contribution < -0.4 is 24.9 Å². The number of hydrazine groups is 1. The highest BCUT2D eigenvalue weighted by Gasteiger charge is 2.50. The monoisotopic (exact) mass is 560 g/mol. The zero-order valence-electron chi connectivity index (χ0n) is 21.4. The molecule has 2 aromatic carbocycles. The molecule has 3 N–H and O–H groups in total. The van der Waals surface area contributed by atoms with Gasteiger partial charge in [-0.05, 0) is 30.5 Å². The number of carbonyl (C=O) groups excluding carboxylic acids is 4. The van der Waals surface area contributed by atoms with Crippen LogP contribution in [0.25, 0.3) is 0 Å². The second-order valence-electron chi connectivity index (χ2n) is 9.35. The molecule has 2 aliphatic rings. The van der Waals surface area contributed by atoms with Crippen LogP contribution in [0.3, 0.4) is 0 Å². The molecule has 1 fully saturated rings. The van der Waals surface area contributed by atoms with Gasteiger partial charge < -0.3 is 19.5 Å². The third-order valence-corrected chi connectivity index (χ3v) is 7.59. The lowest BCUT2D eigenvalue weighted by Gasteiger charge is -2.23. The summed E-state index contributed by atoms with van der Waals surface area (Å²) in [5.41, 5.74) is 1.23. The van der Waals surface area contributed by atoms with Gasteiger partial charge in [0.2, 0.25) is 10.0 Å². The number of imide groups is 1. The van der Waals surface area contributed by atoms with Crippen molar-refractivity contribution in [2.75, 3.05) is 19.8 Å². The van der Waals surface area contributed by atoms with Crippen molar-refractivity contribution in [3.8, 4) is 11.5 Å². The van der Waals surface area contributed by atoms with Crippen LogP contribution in [-0.4, -0.2) is 63.1 Å². The van der Waals surface area contributed by atoms with E-state index in [0.717, 1.165) is 0 Å². The second-order valence-corrected chi connectivity index (χ2v) is 11.1. The number of hydrogen-bond donors (Lipinski definition) is 3. The Kier molecular flexibility index (Phi) is 7.79. The van der Waals surface area contributed by atoms with Crippen molar-refractivity contribution >= 4 is 33.8 Å². The number of ether oxygens (including phenoxy) is 3. The van der Waals surface area contributed by atoms with Crippen molar-refractivity contribution in [2.45, 2.75) is 37.2 Å². The van der Waals surface area contributed by atoms with E-state index in [2.05, 4.69) is 15.5 Å². The number of hydrogen-bond acceptors (Lipinski definition) is 9. The number of fused-ring (bicyclic) bond motifs is 1. The number of amides is 4. The predicted molar refractivity (Wildman–Crippen MR) is 135 cm³/mol. The molecule has 2 aliphatic heterocycles. The predicted octanol–water partition coefficient (Wildman–Crippen LogP) is 0.802. The number of sulfonamides is 1. The topological polar surface area (TPSA) is 169 Å². The Labute approximate surface area is 224 Å². The van der Waals surface area contributed by atoms with Gasteiger partial charge in [-0.1, -0.05) is 44.2 Å². The summed E-state index contributed by atoms with van der Waals surface area (Å²) in [4.78, 5) is 50.4. The van der Waals surface area contributed by atoms with Gasteiger partial charge in [-0.25, -0.2) is 13.2 Å². The first kappa shape index (κ1) is 27.9. The summed E-state index contributed by atoms with van der Waals surface area (Å²) in [7, 11) is -4.19. The first-order valence-electron chi connectivity index (χ1n) is 12.0. The van der Waals surface area contributed by atoms with Crippen molar-refractivity contribution in [1.29, 1.82) is 0 Å². The Balaban J connectivity index is 1.37. The van der Waals surface area contributed by atoms with E-state index in [-0.39, 0.29) is 17.3 Å². The van der Waals surface area contributed by atoms with Crippen molar-refractivity contribution in [3.05, 3.63) is 54.1 Å². The fourth-order valence-electron chi connectivity index (χ4n) is 3.97. The Morgan fingerprint density at radius 3 is 2.41 bits per heavy atom. The summed E-state index contributed by atoms with van der Waals surface area (Å²) in [6.45, 7) is 4.42. The molecule has 2 unspecified atom stereocenters. The largest absolute Gasteiger partial charge is 0.486 e. The van der Waals surface area contributed by atoms with Gasteiger partial charge in [0.15, 0.2) is 18.1 Å². The van der Waals surface area contributed by atoms with Crippen molar-refractivity contribution < 1.29 is 41.8 Å². The number of nitrogens with one attached hydrogen (secondary N) is 3. The zero-order valence-corrected chi connectivity index (χ0v) is 22.2. The molecule has 39 heavy (non-hydrogen) atoms. The maximum Gasteiger partial charge on any atom is 0.344 e. The highest BCUT2D eigenvalue weighted by Crippen LogP contribution is 2.32. The van der Waals surface area contributed by atoms with E-state index in [1.165, 1.54) is 25.1 Å². The van der Waals surface area contributed by atoms with E-state index >= 15 is 0 Å². The zero-order chi connectivity index (χ0) is 28.4. The summed E-state index contributed by atoms with van der Waals surface area (Å²) in [5, 5.41) is 3.04. The molecule has 2 heterocycles. The van der Waals surface area contributed by atoms with E-state index in [1.54, 1.807) is 44.2 Å². The van der Waals surface area contributed by atoms with Gasteiger partial charge in [0.1, 0.15) is 24.8 Å². The number of nitrogens with zero attached hydrogens (tertiary/aromatic N) is 1. The SMILES string of the molecule is CC(C)C(NS(=O)(=O)c1ccc2c(c1)OCCO2)C(=O)OCC(=O)NN1C(=O)NC(C)(c2ccccc2)C1=O. The minimum Gasteiger partial charge on any atom is -0.486 e. The van der Waals surface area contributed by atoms with Crippen LogP contribution in [0.1, 0.15) is 26.3 Å². The van der Waals surface area contributed by atoms with Gasteiger partial charge in [-0.15, -0.1) is 0 Å². The van der Waals surface area contributed by atoms with Crippen LogP contribution in [0.2, 0.25) is 0 Å². The maximum atomic E-state index is 13.0. The number of urea groups is 1. The molecule has 4 rings (SSSR count). The van der Waals surface area contributed by atoms with Gasteiger partial charge in [-0.3, -0.25) is 19.8 Å². The van der Waals surface area contributed by atoms with Gasteiger partial charge in [0.25, 0.3) is 11.8 Å². The van der Waals surface area contributed by atoms with Gasteiger partial charge >= 0.3 is 12.0 Å². The molecule has 14 heteroatoms. The van der Waals surface area contributed by atoms with Crippen LogP contribution in [-0.2, 0) is 34.7 Å². The molecule has 1 saturated heterocycles. The first-order valence-corrected chi connectivity index (χ1v) is 13.5. The highest BCUT2D eigenvalue weighted by molar-refractivity contribution is 7.89. The fraction of sp³-hybridized carbons (Fsp3) is 0.360. The molecule has 4 amide bonds. The molecule has 0 aliphatic carbocycles. The Morgan fingerprint density at radius 1 is 1.08 bits per heavy atom. The molecule has 0 radical (unpaired) electrons. The summed E-state index contributed by atoms with van der Waals surface area (Å²) in [6.07, 6.45) is 0. The normalized spacial score (nSPS) is 19.4. The minimum atomic E-state index is -4.19. The van der Waals surface area contributed by atoms with Crippen LogP contribution in [0.5, 0.6) is 11.5 Å². The lowest BCUT2D eigenvalue weighted by molar-refractivity contribution is -0.152. The molecule has 208 valence electrons. The van der Waals surface area contributed by atoms with Crippen LogP contribution in [0.4, 0.5) is 4.79 Å².